The zero-order valence-electron chi connectivity index (χ0n) is 21.7. The Hall–Kier alpha value is -2.43. The van der Waals surface area contributed by atoms with Crippen molar-refractivity contribution in [3.63, 3.8) is 0 Å². The maximum atomic E-state index is 13.6. The molecule has 1 amide bonds. The lowest BCUT2D eigenvalue weighted by molar-refractivity contribution is -0.385. The Morgan fingerprint density at radius 2 is 1.86 bits per heavy atom. The van der Waals surface area contributed by atoms with E-state index >= 15 is 0 Å². The molecule has 0 spiro atoms. The van der Waals surface area contributed by atoms with Gasteiger partial charge in [-0.15, -0.1) is 23.5 Å². The fraction of sp³-hybridized carbons (Fsp3) is 0.519. The molecular weight excluding hydrogens is 512 g/mol. The maximum absolute atomic E-state index is 13.6. The van der Waals surface area contributed by atoms with E-state index < -0.39 is 4.92 Å². The predicted octanol–water partition coefficient (Wildman–Crippen LogP) is 6.03. The van der Waals surface area contributed by atoms with Gasteiger partial charge in [-0.2, -0.15) is 0 Å². The molecule has 8 nitrogen and oxygen atoms in total. The average molecular weight is 549 g/mol. The molecule has 0 saturated carbocycles. The van der Waals surface area contributed by atoms with Crippen molar-refractivity contribution >= 4 is 35.1 Å². The summed E-state index contributed by atoms with van der Waals surface area (Å²) in [5, 5.41) is 12.0. The number of rotatable bonds is 15. The van der Waals surface area contributed by atoms with Gasteiger partial charge in [0, 0.05) is 19.0 Å². The molecule has 1 heterocycles. The second-order valence-corrected chi connectivity index (χ2v) is 11.6. The Bertz CT molecular complexity index is 1020. The van der Waals surface area contributed by atoms with Gasteiger partial charge < -0.3 is 19.1 Å². The van der Waals surface area contributed by atoms with Crippen LogP contribution in [0.4, 0.5) is 5.69 Å². The van der Waals surface area contributed by atoms with Crippen LogP contribution < -0.4 is 9.47 Å². The van der Waals surface area contributed by atoms with Gasteiger partial charge in [0.15, 0.2) is 11.5 Å². The molecule has 0 N–H and O–H groups in total. The highest BCUT2D eigenvalue weighted by Crippen LogP contribution is 2.39. The summed E-state index contributed by atoms with van der Waals surface area (Å²) in [6, 6.07) is 12.7. The number of hydrogen-bond acceptors (Lipinski definition) is 8. The Morgan fingerprint density at radius 3 is 2.51 bits per heavy atom. The van der Waals surface area contributed by atoms with Gasteiger partial charge >= 0.3 is 0 Å². The van der Waals surface area contributed by atoms with E-state index in [1.54, 1.807) is 0 Å². The molecule has 10 heteroatoms. The average Bonchev–Trinajstić information content (AvgIpc) is 3.40. The third kappa shape index (κ3) is 8.02. The first-order chi connectivity index (χ1) is 18.0. The number of benzene rings is 2. The molecule has 0 bridgehead atoms. The second-order valence-electron chi connectivity index (χ2n) is 8.50. The van der Waals surface area contributed by atoms with Crippen LogP contribution in [0.1, 0.15) is 49.0 Å². The number of amides is 1. The topological polar surface area (TPSA) is 91.1 Å². The highest BCUT2D eigenvalue weighted by Gasteiger charge is 2.38. The third-order valence-electron chi connectivity index (χ3n) is 6.05. The molecule has 1 aliphatic heterocycles. The molecule has 0 radical (unpaired) electrons. The van der Waals surface area contributed by atoms with Crippen molar-refractivity contribution in [2.24, 2.45) is 0 Å². The molecule has 202 valence electrons. The molecule has 2 aromatic carbocycles. The van der Waals surface area contributed by atoms with Crippen LogP contribution in [0.2, 0.25) is 0 Å². The van der Waals surface area contributed by atoms with E-state index in [2.05, 4.69) is 13.8 Å². The lowest BCUT2D eigenvalue weighted by atomic mass is 10.1. The zero-order chi connectivity index (χ0) is 26.6. The number of thioether (sulfide) groups is 2. The molecule has 0 aromatic heterocycles. The van der Waals surface area contributed by atoms with Crippen molar-refractivity contribution in [2.45, 2.75) is 50.3 Å². The maximum Gasteiger partial charge on any atom is 0.286 e. The minimum atomic E-state index is -0.521. The third-order valence-corrected chi connectivity index (χ3v) is 8.82. The van der Waals surface area contributed by atoms with Gasteiger partial charge in [0.1, 0.15) is 5.56 Å². The van der Waals surface area contributed by atoms with Crippen molar-refractivity contribution in [1.82, 2.24) is 4.90 Å². The lowest BCUT2D eigenvalue weighted by Crippen LogP contribution is -2.41. The molecule has 2 aromatic rings. The number of methoxy groups -OCH3 is 1. The van der Waals surface area contributed by atoms with Gasteiger partial charge in [-0.25, -0.2) is 0 Å². The summed E-state index contributed by atoms with van der Waals surface area (Å²) >= 11 is 3.66. The molecule has 3 rings (SSSR count). The molecule has 0 aliphatic carbocycles. The number of nitro groups is 1. The van der Waals surface area contributed by atoms with Gasteiger partial charge in [-0.05, 0) is 29.9 Å². The van der Waals surface area contributed by atoms with Crippen LogP contribution in [-0.2, 0) is 11.3 Å². The van der Waals surface area contributed by atoms with E-state index in [-0.39, 0.29) is 33.5 Å². The molecule has 0 unspecified atom stereocenters. The first-order valence-corrected chi connectivity index (χ1v) is 14.7. The fourth-order valence-corrected chi connectivity index (χ4v) is 7.20. The molecule has 1 atom stereocenters. The Kier molecular flexibility index (Phi) is 11.9. The second kappa shape index (κ2) is 15.1. The molecular formula is C27H36N2O6S2. The van der Waals surface area contributed by atoms with Gasteiger partial charge in [-0.3, -0.25) is 14.9 Å². The number of likely N-dealkylation sites (tertiary alicyclic amines) is 1. The zero-order valence-corrected chi connectivity index (χ0v) is 23.4. The Labute approximate surface area is 227 Å². The summed E-state index contributed by atoms with van der Waals surface area (Å²) < 4.78 is 17.2. The molecule has 1 saturated heterocycles. The predicted molar refractivity (Wildman–Crippen MR) is 150 cm³/mol. The normalized spacial score (nSPS) is 15.2. The van der Waals surface area contributed by atoms with Crippen molar-refractivity contribution in [1.29, 1.82) is 0 Å². The van der Waals surface area contributed by atoms with E-state index in [0.29, 0.717) is 38.5 Å². The summed E-state index contributed by atoms with van der Waals surface area (Å²) in [5.41, 5.74) is 0.859. The monoisotopic (exact) mass is 548 g/mol. The number of carbonyl (C=O) groups is 1. The molecule has 1 fully saturated rings. The van der Waals surface area contributed by atoms with E-state index in [4.69, 9.17) is 14.2 Å². The number of hydrogen-bond donors (Lipinski definition) is 0. The van der Waals surface area contributed by atoms with Crippen molar-refractivity contribution < 1.29 is 23.9 Å². The van der Waals surface area contributed by atoms with Crippen LogP contribution in [0, 0.1) is 10.1 Å². The molecule has 37 heavy (non-hydrogen) atoms. The van der Waals surface area contributed by atoms with Crippen LogP contribution in [-0.4, -0.2) is 64.7 Å². The minimum Gasteiger partial charge on any atom is -0.493 e. The van der Waals surface area contributed by atoms with Crippen LogP contribution in [0.25, 0.3) is 0 Å². The van der Waals surface area contributed by atoms with Crippen molar-refractivity contribution in [3.05, 3.63) is 63.7 Å². The van der Waals surface area contributed by atoms with Crippen molar-refractivity contribution in [2.75, 3.05) is 38.4 Å². The number of nitro benzene ring substituents is 1. The van der Waals surface area contributed by atoms with Gasteiger partial charge in [0.2, 0.25) is 0 Å². The van der Waals surface area contributed by atoms with E-state index in [1.807, 2.05) is 58.8 Å². The highest BCUT2D eigenvalue weighted by molar-refractivity contribution is 8.17. The number of carbonyl (C=O) groups excluding carboxylic acids is 1. The summed E-state index contributed by atoms with van der Waals surface area (Å²) in [7, 11) is 1.47. The summed E-state index contributed by atoms with van der Waals surface area (Å²) in [6.07, 6.45) is 2.39. The highest BCUT2D eigenvalue weighted by atomic mass is 32.2. The van der Waals surface area contributed by atoms with Crippen molar-refractivity contribution in [3.8, 4) is 11.5 Å². The first kappa shape index (κ1) is 29.1. The smallest absolute Gasteiger partial charge is 0.286 e. The quantitative estimate of drug-likeness (QED) is 0.115. The fourth-order valence-electron chi connectivity index (χ4n) is 4.33. The van der Waals surface area contributed by atoms with Crippen LogP contribution in [0.3, 0.4) is 0 Å². The number of nitrogens with zero attached hydrogens (tertiary/aromatic N) is 2. The lowest BCUT2D eigenvalue weighted by Gasteiger charge is -2.31. The van der Waals surface area contributed by atoms with Gasteiger partial charge in [-0.1, -0.05) is 44.2 Å². The van der Waals surface area contributed by atoms with Gasteiger partial charge in [0.05, 0.1) is 48.5 Å². The SMILES string of the molecule is CCSC(SCC)[C@@H]1CCCN1C(=O)c1cc(OC)c(OCCCOCc2ccccc2)cc1[N+](=O)[O-]. The first-order valence-electron chi connectivity index (χ1n) is 12.6. The van der Waals surface area contributed by atoms with Gasteiger partial charge in [0.25, 0.3) is 11.6 Å². The number of ether oxygens (including phenoxy) is 3. The standard InChI is InChI=1S/C27H36N2O6S2/c1-4-36-27(37-5-2)22-13-9-14-28(22)26(30)21-17-24(33-3)25(18-23(21)29(31)32)35-16-10-15-34-19-20-11-7-6-8-12-20/h6-8,11-12,17-18,22,27H,4-5,9-10,13-16,19H2,1-3H3/t22-/m0/s1. The van der Waals surface area contributed by atoms with E-state index in [0.717, 1.165) is 29.9 Å². The largest absolute Gasteiger partial charge is 0.493 e. The van der Waals surface area contributed by atoms with E-state index in [1.165, 1.54) is 19.2 Å². The van der Waals surface area contributed by atoms with Crippen LogP contribution in [0.15, 0.2) is 42.5 Å². The van der Waals surface area contributed by atoms with E-state index in [9.17, 15) is 14.9 Å². The van der Waals surface area contributed by atoms with Crippen LogP contribution >= 0.6 is 23.5 Å². The minimum absolute atomic E-state index is 0.0361. The summed E-state index contributed by atoms with van der Waals surface area (Å²) in [4.78, 5) is 26.9. The Balaban J connectivity index is 1.69. The van der Waals surface area contributed by atoms with Crippen LogP contribution in [0.5, 0.6) is 11.5 Å². The summed E-state index contributed by atoms with van der Waals surface area (Å²) in [6.45, 7) is 6.11. The Morgan fingerprint density at radius 1 is 1.14 bits per heavy atom. The molecule has 1 aliphatic rings. The summed E-state index contributed by atoms with van der Waals surface area (Å²) in [5.74, 6) is 2.12.